The van der Waals surface area contributed by atoms with E-state index in [1.165, 1.54) is 6.07 Å². The summed E-state index contributed by atoms with van der Waals surface area (Å²) in [5.41, 5.74) is 11.2. The van der Waals surface area contributed by atoms with Crippen LogP contribution >= 0.6 is 15.9 Å². The van der Waals surface area contributed by atoms with E-state index < -0.39 is 11.7 Å². The van der Waals surface area contributed by atoms with Crippen molar-refractivity contribution < 1.29 is 9.18 Å². The molecule has 0 saturated heterocycles. The zero-order chi connectivity index (χ0) is 21.6. The van der Waals surface area contributed by atoms with Crippen LogP contribution in [0.4, 0.5) is 10.1 Å². The molecule has 0 unspecified atom stereocenters. The van der Waals surface area contributed by atoms with Crippen LogP contribution in [0.2, 0.25) is 0 Å². The number of rotatable bonds is 2. The van der Waals surface area contributed by atoms with E-state index in [0.29, 0.717) is 35.0 Å². The highest BCUT2D eigenvalue weighted by Crippen LogP contribution is 2.47. The first-order valence-corrected chi connectivity index (χ1v) is 10.6. The molecule has 0 amide bonds. The van der Waals surface area contributed by atoms with Gasteiger partial charge in [-0.25, -0.2) is 4.39 Å². The number of nitriles is 1. The molecular formula is C24H21BrFN3O. The second-order valence-corrected chi connectivity index (χ2v) is 8.69. The summed E-state index contributed by atoms with van der Waals surface area (Å²) >= 11 is 3.27. The van der Waals surface area contributed by atoms with Gasteiger partial charge in [0.15, 0.2) is 5.78 Å². The van der Waals surface area contributed by atoms with Crippen molar-refractivity contribution in [1.29, 1.82) is 5.26 Å². The average molecular weight is 466 g/mol. The number of benzene rings is 2. The van der Waals surface area contributed by atoms with Gasteiger partial charge in [-0.3, -0.25) is 9.69 Å². The third-order valence-corrected chi connectivity index (χ3v) is 6.29. The molecule has 1 aliphatic carbocycles. The largest absolute Gasteiger partial charge is 0.384 e. The number of nitrogens with two attached hydrogens (primary N) is 1. The van der Waals surface area contributed by atoms with E-state index in [1.807, 2.05) is 32.0 Å². The monoisotopic (exact) mass is 465 g/mol. The molecule has 1 aliphatic heterocycles. The van der Waals surface area contributed by atoms with Gasteiger partial charge in [-0.05, 0) is 56.0 Å². The molecule has 152 valence electrons. The molecule has 2 aliphatic rings. The molecule has 0 aromatic heterocycles. The normalized spacial score (nSPS) is 19.1. The van der Waals surface area contributed by atoms with E-state index in [1.54, 1.807) is 17.0 Å². The highest BCUT2D eigenvalue weighted by Gasteiger charge is 2.41. The van der Waals surface area contributed by atoms with Crippen molar-refractivity contribution in [2.24, 2.45) is 5.73 Å². The maximum atomic E-state index is 14.9. The predicted molar refractivity (Wildman–Crippen MR) is 118 cm³/mol. The highest BCUT2D eigenvalue weighted by atomic mass is 79.9. The molecule has 0 spiro atoms. The third kappa shape index (κ3) is 3.23. The van der Waals surface area contributed by atoms with Gasteiger partial charge in [0.05, 0.1) is 23.2 Å². The second kappa shape index (κ2) is 7.73. The SMILES string of the molecule is Cc1ccc([C@H]2C(C#N)=C(N)N(c3ccc(Br)cc3F)C3=C2C(=O)CCC3)c(C)c1. The van der Waals surface area contributed by atoms with Crippen molar-refractivity contribution in [3.05, 3.63) is 86.0 Å². The fourth-order valence-electron chi connectivity index (χ4n) is 4.48. The maximum absolute atomic E-state index is 14.9. The lowest BCUT2D eigenvalue weighted by atomic mass is 9.74. The fraction of sp³-hybridized carbons (Fsp3) is 0.250. The Hall–Kier alpha value is -2.91. The lowest BCUT2D eigenvalue weighted by Gasteiger charge is -2.40. The number of carbonyl (C=O) groups excluding carboxylic acids is 1. The van der Waals surface area contributed by atoms with Crippen molar-refractivity contribution in [2.45, 2.75) is 39.0 Å². The standard InChI is InChI=1S/C24H21BrFN3O/c1-13-6-8-16(14(2)10-13)22-17(12-27)24(28)29(19-9-7-15(25)11-18(19)26)20-4-3-5-21(30)23(20)22/h6-11,22H,3-5,28H2,1-2H3/t22-/m0/s1. The number of anilines is 1. The van der Waals surface area contributed by atoms with Crippen LogP contribution in [0, 0.1) is 31.0 Å². The van der Waals surface area contributed by atoms with Crippen LogP contribution in [0.5, 0.6) is 0 Å². The molecule has 2 N–H and O–H groups in total. The minimum Gasteiger partial charge on any atom is -0.384 e. The van der Waals surface area contributed by atoms with Crippen LogP contribution in [0.3, 0.4) is 0 Å². The Labute approximate surface area is 183 Å². The summed E-state index contributed by atoms with van der Waals surface area (Å²) < 4.78 is 15.5. The predicted octanol–water partition coefficient (Wildman–Crippen LogP) is 5.51. The van der Waals surface area contributed by atoms with Gasteiger partial charge in [0.1, 0.15) is 11.6 Å². The van der Waals surface area contributed by atoms with Gasteiger partial charge in [0.2, 0.25) is 0 Å². The molecule has 0 radical (unpaired) electrons. The number of Topliss-reactive ketones (excluding diaryl/α,β-unsaturated/α-hetero) is 1. The van der Waals surface area contributed by atoms with Crippen LogP contribution in [0.25, 0.3) is 0 Å². The first-order valence-electron chi connectivity index (χ1n) is 9.81. The fourth-order valence-corrected chi connectivity index (χ4v) is 4.82. The lowest BCUT2D eigenvalue weighted by molar-refractivity contribution is -0.116. The summed E-state index contributed by atoms with van der Waals surface area (Å²) in [6.45, 7) is 3.98. The molecule has 0 saturated carbocycles. The molecule has 4 nitrogen and oxygen atoms in total. The first-order chi connectivity index (χ1) is 14.3. The Bertz CT molecular complexity index is 1180. The summed E-state index contributed by atoms with van der Waals surface area (Å²) in [6.07, 6.45) is 1.67. The number of aryl methyl sites for hydroxylation is 2. The molecule has 2 aromatic carbocycles. The molecular weight excluding hydrogens is 445 g/mol. The van der Waals surface area contributed by atoms with Crippen LogP contribution < -0.4 is 10.6 Å². The number of halogens is 2. The van der Waals surface area contributed by atoms with Crippen molar-refractivity contribution in [3.8, 4) is 6.07 Å². The summed E-state index contributed by atoms with van der Waals surface area (Å²) in [6, 6.07) is 12.9. The zero-order valence-corrected chi connectivity index (χ0v) is 18.4. The maximum Gasteiger partial charge on any atom is 0.161 e. The van der Waals surface area contributed by atoms with E-state index in [0.717, 1.165) is 16.7 Å². The van der Waals surface area contributed by atoms with Gasteiger partial charge in [-0.1, -0.05) is 39.7 Å². The first kappa shape index (κ1) is 20.4. The number of carbonyl (C=O) groups is 1. The van der Waals surface area contributed by atoms with E-state index in [-0.39, 0.29) is 22.9 Å². The Kier molecular flexibility index (Phi) is 5.25. The van der Waals surface area contributed by atoms with Crippen LogP contribution in [0.15, 0.2) is 63.5 Å². The van der Waals surface area contributed by atoms with Gasteiger partial charge < -0.3 is 5.73 Å². The van der Waals surface area contributed by atoms with Crippen LogP contribution in [-0.4, -0.2) is 5.78 Å². The molecule has 4 rings (SSSR count). The molecule has 30 heavy (non-hydrogen) atoms. The van der Waals surface area contributed by atoms with E-state index in [4.69, 9.17) is 5.73 Å². The summed E-state index contributed by atoms with van der Waals surface area (Å²) in [4.78, 5) is 14.7. The minimum atomic E-state index is -0.534. The summed E-state index contributed by atoms with van der Waals surface area (Å²) in [5, 5.41) is 10.0. The highest BCUT2D eigenvalue weighted by molar-refractivity contribution is 9.10. The molecule has 0 bridgehead atoms. The van der Waals surface area contributed by atoms with Crippen molar-refractivity contribution in [1.82, 2.24) is 0 Å². The molecule has 1 atom stereocenters. The zero-order valence-electron chi connectivity index (χ0n) is 16.8. The Morgan fingerprint density at radius 3 is 2.63 bits per heavy atom. The quantitative estimate of drug-likeness (QED) is 0.634. The number of hydrogen-bond acceptors (Lipinski definition) is 4. The van der Waals surface area contributed by atoms with Gasteiger partial charge in [-0.2, -0.15) is 5.26 Å². The molecule has 0 fully saturated rings. The van der Waals surface area contributed by atoms with E-state index >= 15 is 0 Å². The number of allylic oxidation sites excluding steroid dienone is 3. The Morgan fingerprint density at radius 1 is 1.20 bits per heavy atom. The van der Waals surface area contributed by atoms with Crippen LogP contribution in [-0.2, 0) is 4.79 Å². The Balaban J connectivity index is 2.00. The summed E-state index contributed by atoms with van der Waals surface area (Å²) in [7, 11) is 0. The minimum absolute atomic E-state index is 0.0102. The van der Waals surface area contributed by atoms with E-state index in [2.05, 4.69) is 22.0 Å². The van der Waals surface area contributed by atoms with Crippen molar-refractivity contribution in [2.75, 3.05) is 4.90 Å². The van der Waals surface area contributed by atoms with Gasteiger partial charge in [-0.15, -0.1) is 0 Å². The average Bonchev–Trinajstić information content (AvgIpc) is 2.69. The number of ketones is 1. The Morgan fingerprint density at radius 2 is 1.97 bits per heavy atom. The van der Waals surface area contributed by atoms with Gasteiger partial charge in [0.25, 0.3) is 0 Å². The molecule has 2 aromatic rings. The van der Waals surface area contributed by atoms with Crippen molar-refractivity contribution in [3.63, 3.8) is 0 Å². The second-order valence-electron chi connectivity index (χ2n) is 7.77. The smallest absolute Gasteiger partial charge is 0.161 e. The number of nitrogens with zero attached hydrogens (tertiary/aromatic N) is 2. The molecule has 1 heterocycles. The summed E-state index contributed by atoms with van der Waals surface area (Å²) in [5.74, 6) is -0.839. The third-order valence-electron chi connectivity index (χ3n) is 5.80. The van der Waals surface area contributed by atoms with Crippen LogP contribution in [0.1, 0.15) is 41.9 Å². The van der Waals surface area contributed by atoms with E-state index in [9.17, 15) is 14.4 Å². The van der Waals surface area contributed by atoms with Crippen molar-refractivity contribution >= 4 is 27.4 Å². The van der Waals surface area contributed by atoms with Gasteiger partial charge in [0, 0.05) is 22.2 Å². The lowest BCUT2D eigenvalue weighted by Crippen LogP contribution is -2.39. The molecule has 6 heteroatoms. The topological polar surface area (TPSA) is 70.1 Å². The van der Waals surface area contributed by atoms with Gasteiger partial charge >= 0.3 is 0 Å². The number of hydrogen-bond donors (Lipinski definition) is 1.